The van der Waals surface area contributed by atoms with Crippen LogP contribution in [-0.2, 0) is 6.54 Å². The van der Waals surface area contributed by atoms with Crippen molar-refractivity contribution in [2.45, 2.75) is 19.0 Å². The van der Waals surface area contributed by atoms with Crippen molar-refractivity contribution in [1.82, 2.24) is 10.3 Å². The van der Waals surface area contributed by atoms with E-state index in [0.717, 1.165) is 16.6 Å². The highest BCUT2D eigenvalue weighted by atomic mass is 16.3. The van der Waals surface area contributed by atoms with E-state index in [1.54, 1.807) is 0 Å². The highest BCUT2D eigenvalue weighted by Crippen LogP contribution is 2.17. The molecule has 3 aromatic rings. The molecule has 0 amide bonds. The van der Waals surface area contributed by atoms with Gasteiger partial charge < -0.3 is 10.4 Å². The van der Waals surface area contributed by atoms with E-state index in [-0.39, 0.29) is 12.6 Å². The molecule has 3 heteroatoms. The maximum Gasteiger partial charge on any atom is 0.0705 e. The normalized spacial score (nSPS) is 12.4. The minimum Gasteiger partial charge on any atom is -0.396 e. The van der Waals surface area contributed by atoms with Crippen molar-refractivity contribution in [3.8, 4) is 0 Å². The van der Waals surface area contributed by atoms with Crippen LogP contribution in [0.1, 0.15) is 23.7 Å². The number of benzene rings is 2. The number of hydrogen-bond donors (Lipinski definition) is 2. The zero-order chi connectivity index (χ0) is 15.2. The van der Waals surface area contributed by atoms with Gasteiger partial charge in [-0.15, -0.1) is 0 Å². The number of nitrogens with one attached hydrogen (secondary N) is 1. The van der Waals surface area contributed by atoms with E-state index in [0.29, 0.717) is 13.0 Å². The minimum atomic E-state index is 0.138. The monoisotopic (exact) mass is 292 g/mol. The van der Waals surface area contributed by atoms with Crippen molar-refractivity contribution in [3.63, 3.8) is 0 Å². The first-order valence-electron chi connectivity index (χ1n) is 7.60. The summed E-state index contributed by atoms with van der Waals surface area (Å²) >= 11 is 0. The van der Waals surface area contributed by atoms with Crippen LogP contribution >= 0.6 is 0 Å². The third-order valence-corrected chi connectivity index (χ3v) is 3.81. The predicted molar refractivity (Wildman–Crippen MR) is 89.5 cm³/mol. The molecule has 1 heterocycles. The number of pyridine rings is 1. The smallest absolute Gasteiger partial charge is 0.0705 e. The summed E-state index contributed by atoms with van der Waals surface area (Å²) in [6.45, 7) is 0.849. The minimum absolute atomic E-state index is 0.138. The number of nitrogens with zero attached hydrogens (tertiary/aromatic N) is 1. The third-order valence-electron chi connectivity index (χ3n) is 3.81. The number of aliphatic hydroxyl groups excluding tert-OH is 1. The molecule has 2 aromatic carbocycles. The Morgan fingerprint density at radius 3 is 2.50 bits per heavy atom. The highest BCUT2D eigenvalue weighted by Gasteiger charge is 2.10. The quantitative estimate of drug-likeness (QED) is 0.731. The van der Waals surface area contributed by atoms with Gasteiger partial charge >= 0.3 is 0 Å². The van der Waals surface area contributed by atoms with Gasteiger partial charge in [0, 0.05) is 24.6 Å². The second kappa shape index (κ2) is 7.16. The molecule has 0 bridgehead atoms. The predicted octanol–water partition coefficient (Wildman–Crippen LogP) is 3.45. The summed E-state index contributed by atoms with van der Waals surface area (Å²) < 4.78 is 0. The molecule has 0 aliphatic carbocycles. The van der Waals surface area contributed by atoms with E-state index in [4.69, 9.17) is 0 Å². The molecule has 1 aromatic heterocycles. The lowest BCUT2D eigenvalue weighted by molar-refractivity contribution is 0.265. The Balaban J connectivity index is 1.73. The molecular weight excluding hydrogens is 272 g/mol. The van der Waals surface area contributed by atoms with Gasteiger partial charge in [0.25, 0.3) is 0 Å². The molecule has 22 heavy (non-hydrogen) atoms. The Bertz CT molecular complexity index is 728. The molecule has 0 spiro atoms. The van der Waals surface area contributed by atoms with Gasteiger partial charge in [-0.05, 0) is 24.1 Å². The maximum absolute atomic E-state index is 9.28. The number of hydrogen-bond acceptors (Lipinski definition) is 3. The Labute approximate surface area is 130 Å². The van der Waals surface area contributed by atoms with E-state index in [1.807, 2.05) is 36.4 Å². The van der Waals surface area contributed by atoms with Gasteiger partial charge in [-0.25, -0.2) is 0 Å². The summed E-state index contributed by atoms with van der Waals surface area (Å²) in [6.07, 6.45) is 0.692. The number of aliphatic hydroxyl groups is 1. The lowest BCUT2D eigenvalue weighted by Crippen LogP contribution is -2.22. The van der Waals surface area contributed by atoms with Crippen molar-refractivity contribution in [3.05, 3.63) is 78.0 Å². The van der Waals surface area contributed by atoms with Crippen molar-refractivity contribution in [2.75, 3.05) is 6.61 Å². The number of rotatable bonds is 6. The zero-order valence-electron chi connectivity index (χ0n) is 12.4. The Morgan fingerprint density at radius 1 is 0.909 bits per heavy atom. The van der Waals surface area contributed by atoms with Gasteiger partial charge in [-0.3, -0.25) is 4.98 Å². The second-order valence-electron chi connectivity index (χ2n) is 5.35. The summed E-state index contributed by atoms with van der Waals surface area (Å²) in [5.74, 6) is 0. The van der Waals surface area contributed by atoms with Crippen LogP contribution in [0.5, 0.6) is 0 Å². The van der Waals surface area contributed by atoms with Gasteiger partial charge in [0.2, 0.25) is 0 Å². The van der Waals surface area contributed by atoms with Gasteiger partial charge in [0.1, 0.15) is 0 Å². The summed E-state index contributed by atoms with van der Waals surface area (Å²) in [7, 11) is 0. The lowest BCUT2D eigenvalue weighted by atomic mass is 10.0. The lowest BCUT2D eigenvalue weighted by Gasteiger charge is -2.18. The van der Waals surface area contributed by atoms with Gasteiger partial charge in [0.05, 0.1) is 11.2 Å². The van der Waals surface area contributed by atoms with Crippen LogP contribution in [-0.4, -0.2) is 16.7 Å². The second-order valence-corrected chi connectivity index (χ2v) is 5.35. The zero-order valence-corrected chi connectivity index (χ0v) is 12.4. The van der Waals surface area contributed by atoms with Crippen molar-refractivity contribution < 1.29 is 5.11 Å². The van der Waals surface area contributed by atoms with E-state index in [1.165, 1.54) is 5.56 Å². The molecular formula is C19H20N2O. The van der Waals surface area contributed by atoms with E-state index in [2.05, 4.69) is 40.6 Å². The highest BCUT2D eigenvalue weighted by molar-refractivity contribution is 5.78. The maximum atomic E-state index is 9.28. The number of para-hydroxylation sites is 1. The standard InChI is InChI=1S/C19H20N2O/c22-13-12-18(15-6-2-1-3-7-15)20-14-17-11-10-16-8-4-5-9-19(16)21-17/h1-11,18,20,22H,12-14H2. The summed E-state index contributed by atoms with van der Waals surface area (Å²) in [5, 5.41) is 13.9. The van der Waals surface area contributed by atoms with Gasteiger partial charge in [-0.1, -0.05) is 54.6 Å². The molecule has 0 saturated carbocycles. The van der Waals surface area contributed by atoms with Crippen molar-refractivity contribution in [1.29, 1.82) is 0 Å². The van der Waals surface area contributed by atoms with Crippen LogP contribution < -0.4 is 5.32 Å². The SMILES string of the molecule is OCCC(NCc1ccc2ccccc2n1)c1ccccc1. The molecule has 112 valence electrons. The fourth-order valence-corrected chi connectivity index (χ4v) is 2.64. The van der Waals surface area contributed by atoms with Crippen LogP contribution in [0.4, 0.5) is 0 Å². The molecule has 2 N–H and O–H groups in total. The molecule has 1 atom stereocenters. The fraction of sp³-hybridized carbons (Fsp3) is 0.211. The largest absolute Gasteiger partial charge is 0.396 e. The average molecular weight is 292 g/mol. The third kappa shape index (κ3) is 3.50. The Kier molecular flexibility index (Phi) is 4.78. The van der Waals surface area contributed by atoms with E-state index < -0.39 is 0 Å². The first-order valence-corrected chi connectivity index (χ1v) is 7.60. The number of aromatic nitrogens is 1. The summed E-state index contributed by atoms with van der Waals surface area (Å²) in [4.78, 5) is 4.68. The first kappa shape index (κ1) is 14.7. The first-order chi connectivity index (χ1) is 10.9. The van der Waals surface area contributed by atoms with Crippen LogP contribution in [0.25, 0.3) is 10.9 Å². The average Bonchev–Trinajstić information content (AvgIpc) is 2.59. The van der Waals surface area contributed by atoms with Gasteiger partial charge in [-0.2, -0.15) is 0 Å². The fourth-order valence-electron chi connectivity index (χ4n) is 2.64. The molecule has 3 rings (SSSR count). The van der Waals surface area contributed by atoms with Crippen LogP contribution in [0.3, 0.4) is 0 Å². The van der Waals surface area contributed by atoms with E-state index in [9.17, 15) is 5.11 Å². The Hall–Kier alpha value is -2.23. The van der Waals surface area contributed by atoms with Crippen molar-refractivity contribution in [2.24, 2.45) is 0 Å². The summed E-state index contributed by atoms with van der Waals surface area (Å²) in [6, 6.07) is 22.6. The van der Waals surface area contributed by atoms with Crippen LogP contribution in [0.15, 0.2) is 66.7 Å². The molecule has 0 fully saturated rings. The molecule has 3 nitrogen and oxygen atoms in total. The molecule has 0 saturated heterocycles. The molecule has 0 radical (unpaired) electrons. The summed E-state index contributed by atoms with van der Waals surface area (Å²) in [5.41, 5.74) is 3.22. The van der Waals surface area contributed by atoms with E-state index >= 15 is 0 Å². The van der Waals surface area contributed by atoms with Crippen LogP contribution in [0, 0.1) is 0 Å². The van der Waals surface area contributed by atoms with Crippen LogP contribution in [0.2, 0.25) is 0 Å². The molecule has 1 unspecified atom stereocenters. The van der Waals surface area contributed by atoms with Gasteiger partial charge in [0.15, 0.2) is 0 Å². The topological polar surface area (TPSA) is 45.1 Å². The number of fused-ring (bicyclic) bond motifs is 1. The Morgan fingerprint density at radius 2 is 1.68 bits per heavy atom. The molecule has 0 aliphatic rings. The van der Waals surface area contributed by atoms with Crippen molar-refractivity contribution >= 4 is 10.9 Å². The molecule has 0 aliphatic heterocycles.